The molecule has 0 N–H and O–H groups in total. The number of esters is 3. The Balaban J connectivity index is 0.000000450. The SMILES string of the molecule is CCC1O[C@H](O[C@@H]2C(OCc3ccccc3)[C@H](C)OC(CO[C@H]3OC(CO[C@H]4OC(CC)[C@@H](C)[C@H](C)C4O[C@H]4OC(CO[P+](=O)[O-])[C@@H](C)[C@H](C)C4OC(=O)c4ccccc4)[C@@H](C)[C@H](C)C3OC(=O)c3ccccc3)[C@H]2C)C(O[C@H]2OC(CO[P+](=O)[O-])[C@@H](C)[C@H](C)C2OC(=O)c2ccccc2)[C@@H](C)[C@@H]1C.c1ccc(COCc2ccccc2)cc1.c1ccc(COCc2ccccc2)cc1. The summed E-state index contributed by atoms with van der Waals surface area (Å²) in [5, 5.41) is 0. The van der Waals surface area contributed by atoms with Gasteiger partial charge in [-0.05, 0) is 135 Å². The molecule has 28 heteroatoms. The van der Waals surface area contributed by atoms with Crippen molar-refractivity contribution in [3.63, 3.8) is 0 Å². The molecule has 6 aliphatic heterocycles. The molecule has 32 atom stereocenters. The van der Waals surface area contributed by atoms with Gasteiger partial charge in [0.25, 0.3) is 0 Å². The molecule has 0 aromatic heterocycles. The third-order valence-electron chi connectivity index (χ3n) is 27.5. The van der Waals surface area contributed by atoms with Crippen LogP contribution in [-0.2, 0) is 132 Å². The molecule has 8 aromatic carbocycles. The van der Waals surface area contributed by atoms with Gasteiger partial charge >= 0.3 is 34.4 Å². The Kier molecular flexibility index (Phi) is 40.9. The van der Waals surface area contributed by atoms with Crippen LogP contribution in [-0.4, -0.2) is 161 Å². The van der Waals surface area contributed by atoms with E-state index in [1.807, 2.05) is 185 Å². The molecule has 0 saturated carbocycles. The van der Waals surface area contributed by atoms with Crippen LogP contribution in [0.4, 0.5) is 0 Å². The molecule has 0 radical (unpaired) electrons. The Labute approximate surface area is 791 Å². The van der Waals surface area contributed by atoms with E-state index in [0.717, 1.165) is 5.56 Å². The van der Waals surface area contributed by atoms with Crippen LogP contribution in [0.25, 0.3) is 0 Å². The second kappa shape index (κ2) is 52.4. The maximum atomic E-state index is 14.2. The standard InChI is InChI=1S/C78H106O24P2.2C14H14O/c1-15-58-42(3)47(8)66(101-76-67(98-72(80)56-33-25-19-26-34-56)50(11)45(6)62(95-76)40-89-103(82)83)75(92-58)87-38-60-44(5)49(10)65(97-71(79)55-31-23-18-24-32-55)74(94-60)88-39-61-52(13)64(70(53(14)91-61)86-37-54-29-21-17-22-30-54)100-78-69(48(9)43(4)59(16-2)93-78)102-77-68(99-73(81)57-35-27-20-28-36-57)51(12)46(7)63(96-77)41-90-104(84)85;2*1-3-7-13(8-4-1)11-15-12-14-9-5-2-6-10-14/h17-36,42-53,58-70,74-78H,15-16,37-41H2,1-14H3;2*1-10H,11-12H2/t42-,43-,44-,45-,46-,47-,48-,49-,50-,51-,52+,53-,58?,59?,60?,61?,62?,63?,64-,65?,66?,67?,68?,69?,70?,74-,75-,76+,77+,78+;;/m0../s1. The van der Waals surface area contributed by atoms with E-state index < -0.39 is 163 Å². The maximum absolute atomic E-state index is 14.2. The molecule has 0 bridgehead atoms. The molecule has 26 nitrogen and oxygen atoms in total. The van der Waals surface area contributed by atoms with Crippen LogP contribution in [0.15, 0.2) is 243 Å². The Morgan fingerprint density at radius 2 is 0.515 bits per heavy atom. The fourth-order valence-electron chi connectivity index (χ4n) is 18.2. The van der Waals surface area contributed by atoms with Crippen LogP contribution >= 0.6 is 16.5 Å². The molecule has 8 aromatic rings. The van der Waals surface area contributed by atoms with Crippen molar-refractivity contribution in [2.45, 2.75) is 260 Å². The molecule has 0 aliphatic carbocycles. The first-order chi connectivity index (χ1) is 64.7. The zero-order valence-electron chi connectivity index (χ0n) is 79.2. The maximum Gasteiger partial charge on any atom is 0.488 e. The van der Waals surface area contributed by atoms with Gasteiger partial charge in [-0.2, -0.15) is 0 Å². The van der Waals surface area contributed by atoms with Crippen molar-refractivity contribution in [3.05, 3.63) is 287 Å². The van der Waals surface area contributed by atoms with Crippen molar-refractivity contribution in [2.75, 3.05) is 26.4 Å². The van der Waals surface area contributed by atoms with Gasteiger partial charge < -0.3 is 90.3 Å². The molecule has 6 saturated heterocycles. The first-order valence-corrected chi connectivity index (χ1v) is 49.4. The fourth-order valence-corrected chi connectivity index (χ4v) is 18.7. The highest BCUT2D eigenvalue weighted by molar-refractivity contribution is 7.30. The van der Waals surface area contributed by atoms with Crippen LogP contribution < -0.4 is 9.79 Å². The van der Waals surface area contributed by atoms with E-state index in [2.05, 4.69) is 69.3 Å². The summed E-state index contributed by atoms with van der Waals surface area (Å²) in [6.07, 6.45) is -14.7. The highest BCUT2D eigenvalue weighted by Gasteiger charge is 2.56. The average Bonchev–Trinajstić information content (AvgIpc) is 0.770. The number of hydrogen-bond donors (Lipinski definition) is 0. The van der Waals surface area contributed by atoms with Crippen LogP contribution in [0.3, 0.4) is 0 Å². The van der Waals surface area contributed by atoms with Gasteiger partial charge in [0.1, 0.15) is 31.5 Å². The Hall–Kier alpha value is -8.35. The lowest BCUT2D eigenvalue weighted by molar-refractivity contribution is -0.365. The van der Waals surface area contributed by atoms with Crippen LogP contribution in [0.1, 0.15) is 169 Å². The van der Waals surface area contributed by atoms with Crippen LogP contribution in [0.2, 0.25) is 0 Å². The van der Waals surface area contributed by atoms with Crippen LogP contribution in [0, 0.1) is 65.1 Å². The number of carbonyl (C=O) groups excluding carboxylic acids is 3. The van der Waals surface area contributed by atoms with Crippen molar-refractivity contribution in [1.82, 2.24) is 0 Å². The summed E-state index contributed by atoms with van der Waals surface area (Å²) in [7, 11) is -6.41. The lowest BCUT2D eigenvalue weighted by Gasteiger charge is -2.51. The summed E-state index contributed by atoms with van der Waals surface area (Å²) >= 11 is 0. The predicted molar refractivity (Wildman–Crippen MR) is 497 cm³/mol. The summed E-state index contributed by atoms with van der Waals surface area (Å²) < 4.78 is 148. The normalized spacial score (nSPS) is 32.1. The topological polar surface area (TPSA) is 307 Å². The van der Waals surface area contributed by atoms with E-state index in [-0.39, 0.29) is 86.7 Å². The molecule has 6 aliphatic rings. The van der Waals surface area contributed by atoms with Gasteiger partial charge in [-0.1, -0.05) is 296 Å². The number of rotatable bonds is 37. The number of carbonyl (C=O) groups is 3. The summed E-state index contributed by atoms with van der Waals surface area (Å²) in [5.74, 6) is -5.08. The monoisotopic (exact) mass is 1880 g/mol. The van der Waals surface area contributed by atoms with Gasteiger partial charge in [0.15, 0.2) is 49.8 Å². The van der Waals surface area contributed by atoms with Crippen molar-refractivity contribution in [1.29, 1.82) is 0 Å². The van der Waals surface area contributed by atoms with E-state index >= 15 is 0 Å². The zero-order chi connectivity index (χ0) is 95.3. The third-order valence-corrected chi connectivity index (χ3v) is 28.3. The van der Waals surface area contributed by atoms with Crippen molar-refractivity contribution < 1.29 is 123 Å². The lowest BCUT2D eigenvalue weighted by Crippen LogP contribution is -2.62. The average molecular weight is 1890 g/mol. The first kappa shape index (κ1) is 105. The molecule has 14 rings (SSSR count). The first-order valence-electron chi connectivity index (χ1n) is 47.2. The number of hydrogen-bond acceptors (Lipinski definition) is 26. The highest BCUT2D eigenvalue weighted by Crippen LogP contribution is 2.46. The van der Waals surface area contributed by atoms with Crippen molar-refractivity contribution >= 4 is 34.4 Å². The van der Waals surface area contributed by atoms with E-state index in [9.17, 15) is 33.3 Å². The summed E-state index contributed by atoms with van der Waals surface area (Å²) in [5.41, 5.74) is 6.78. The second-order valence-corrected chi connectivity index (χ2v) is 37.7. The van der Waals surface area contributed by atoms with Crippen molar-refractivity contribution in [3.8, 4) is 0 Å². The quantitative estimate of drug-likeness (QED) is 0.0198. The van der Waals surface area contributed by atoms with E-state index in [0.29, 0.717) is 56.0 Å². The van der Waals surface area contributed by atoms with Gasteiger partial charge in [0.05, 0.1) is 112 Å². The number of ether oxygens (including phenoxy) is 17. The molecule has 14 unspecified atom stereocenters. The minimum Gasteiger partial charge on any atom is -0.566 e. The van der Waals surface area contributed by atoms with E-state index in [1.54, 1.807) is 84.9 Å². The van der Waals surface area contributed by atoms with Crippen LogP contribution in [0.5, 0.6) is 0 Å². The molecular weight excluding hydrogens is 1750 g/mol. The highest BCUT2D eigenvalue weighted by atomic mass is 31.1. The molecule has 6 fully saturated rings. The molecule has 134 heavy (non-hydrogen) atoms. The summed E-state index contributed by atoms with van der Waals surface area (Å²) in [6.45, 7) is 30.0. The Morgan fingerprint density at radius 1 is 0.269 bits per heavy atom. The minimum atomic E-state index is -3.21. The van der Waals surface area contributed by atoms with Gasteiger partial charge in [0.2, 0.25) is 0 Å². The van der Waals surface area contributed by atoms with Gasteiger partial charge in [-0.3, -0.25) is 0 Å². The lowest BCUT2D eigenvalue weighted by atomic mass is 9.81. The summed E-state index contributed by atoms with van der Waals surface area (Å²) in [6, 6.07) is 76.6. The second-order valence-electron chi connectivity index (χ2n) is 36.3. The fraction of sp³-hybridized carbons (Fsp3) is 0.519. The smallest absolute Gasteiger partial charge is 0.488 e. The largest absolute Gasteiger partial charge is 0.566 e. The number of benzene rings is 8. The molecule has 724 valence electrons. The summed E-state index contributed by atoms with van der Waals surface area (Å²) in [4.78, 5) is 65.6. The third kappa shape index (κ3) is 29.1. The molecule has 0 spiro atoms. The molecular formula is C106H134O26P2. The van der Waals surface area contributed by atoms with Gasteiger partial charge in [0, 0.05) is 23.7 Å². The predicted octanol–water partition coefficient (Wildman–Crippen LogP) is 18.5. The minimum absolute atomic E-state index is 0.0494. The zero-order valence-corrected chi connectivity index (χ0v) is 81.0. The van der Waals surface area contributed by atoms with E-state index in [1.165, 1.54) is 22.3 Å². The van der Waals surface area contributed by atoms with Gasteiger partial charge in [-0.25, -0.2) is 14.4 Å². The Morgan fingerprint density at radius 3 is 0.851 bits per heavy atom. The van der Waals surface area contributed by atoms with Gasteiger partial charge in [-0.15, -0.1) is 9.05 Å². The molecule has 0 amide bonds. The van der Waals surface area contributed by atoms with E-state index in [4.69, 9.17) is 89.6 Å². The molecule has 6 heterocycles. The Bertz CT molecular complexity index is 4640. The van der Waals surface area contributed by atoms with Crippen molar-refractivity contribution in [2.24, 2.45) is 65.1 Å².